The number of hydrogen-bond acceptors (Lipinski definition) is 4. The molecule has 0 amide bonds. The summed E-state index contributed by atoms with van der Waals surface area (Å²) in [6.07, 6.45) is 4.21. The van der Waals surface area contributed by atoms with E-state index < -0.39 is 0 Å². The highest BCUT2D eigenvalue weighted by Crippen LogP contribution is 2.23. The molecule has 1 aromatic rings. The number of nitrogens with zero attached hydrogens (tertiary/aromatic N) is 2. The van der Waals surface area contributed by atoms with Crippen LogP contribution in [0.25, 0.3) is 0 Å². The van der Waals surface area contributed by atoms with Crippen LogP contribution in [-0.4, -0.2) is 31.3 Å². The number of aromatic nitrogens is 1. The monoisotopic (exact) mass is 255 g/mol. The maximum absolute atomic E-state index is 6.01. The molecule has 94 valence electrons. The molecule has 0 aromatic carbocycles. The molecule has 0 spiro atoms. The van der Waals surface area contributed by atoms with E-state index >= 15 is 0 Å². The SMILES string of the molecule is COC1CCCN(c2cc(CN)c(Cl)cn2)C1. The van der Waals surface area contributed by atoms with Crippen LogP contribution in [0.2, 0.25) is 5.02 Å². The summed E-state index contributed by atoms with van der Waals surface area (Å²) in [4.78, 5) is 6.59. The van der Waals surface area contributed by atoms with Crippen molar-refractivity contribution in [3.8, 4) is 0 Å². The zero-order valence-corrected chi connectivity index (χ0v) is 10.8. The quantitative estimate of drug-likeness (QED) is 0.895. The second kappa shape index (κ2) is 5.67. The Morgan fingerprint density at radius 1 is 1.65 bits per heavy atom. The largest absolute Gasteiger partial charge is 0.380 e. The molecule has 5 heteroatoms. The molecular weight excluding hydrogens is 238 g/mol. The minimum absolute atomic E-state index is 0.294. The average Bonchev–Trinajstić information content (AvgIpc) is 2.39. The molecule has 0 bridgehead atoms. The van der Waals surface area contributed by atoms with Gasteiger partial charge < -0.3 is 15.4 Å². The van der Waals surface area contributed by atoms with E-state index in [9.17, 15) is 0 Å². The van der Waals surface area contributed by atoms with E-state index in [1.807, 2.05) is 6.07 Å². The highest BCUT2D eigenvalue weighted by Gasteiger charge is 2.20. The summed E-state index contributed by atoms with van der Waals surface area (Å²) in [7, 11) is 1.76. The van der Waals surface area contributed by atoms with Gasteiger partial charge in [-0.05, 0) is 24.5 Å². The van der Waals surface area contributed by atoms with Gasteiger partial charge in [0.2, 0.25) is 0 Å². The fraction of sp³-hybridized carbons (Fsp3) is 0.583. The standard InChI is InChI=1S/C12H18ClN3O/c1-17-10-3-2-4-16(8-10)12-5-9(6-14)11(13)7-15-12/h5,7,10H,2-4,6,8,14H2,1H3. The second-order valence-corrected chi connectivity index (χ2v) is 4.69. The number of piperidine rings is 1. The van der Waals surface area contributed by atoms with Crippen LogP contribution in [0, 0.1) is 0 Å². The van der Waals surface area contributed by atoms with Gasteiger partial charge in [0.05, 0.1) is 11.1 Å². The van der Waals surface area contributed by atoms with Gasteiger partial charge in [0.15, 0.2) is 0 Å². The molecular formula is C12H18ClN3O. The van der Waals surface area contributed by atoms with Crippen LogP contribution in [0.1, 0.15) is 18.4 Å². The Kier molecular flexibility index (Phi) is 4.20. The molecule has 1 fully saturated rings. The predicted octanol–water partition coefficient (Wildman–Crippen LogP) is 1.81. The number of rotatable bonds is 3. The maximum atomic E-state index is 6.01. The summed E-state index contributed by atoms with van der Waals surface area (Å²) in [6, 6.07) is 1.97. The Hall–Kier alpha value is -0.840. The number of hydrogen-bond donors (Lipinski definition) is 1. The van der Waals surface area contributed by atoms with Gasteiger partial charge in [0, 0.05) is 32.9 Å². The molecule has 1 saturated heterocycles. The summed E-state index contributed by atoms with van der Waals surface area (Å²) in [5.41, 5.74) is 6.59. The van der Waals surface area contributed by atoms with Gasteiger partial charge in [0.1, 0.15) is 5.82 Å². The lowest BCUT2D eigenvalue weighted by atomic mass is 10.1. The topological polar surface area (TPSA) is 51.4 Å². The van der Waals surface area contributed by atoms with E-state index in [1.54, 1.807) is 13.3 Å². The molecule has 0 saturated carbocycles. The first kappa shape index (κ1) is 12.6. The molecule has 0 radical (unpaired) electrons. The fourth-order valence-electron chi connectivity index (χ4n) is 2.14. The van der Waals surface area contributed by atoms with Crippen LogP contribution in [0.15, 0.2) is 12.3 Å². The summed E-state index contributed by atoms with van der Waals surface area (Å²) in [6.45, 7) is 2.34. The van der Waals surface area contributed by atoms with Crippen molar-refractivity contribution in [1.29, 1.82) is 0 Å². The fourth-order valence-corrected chi connectivity index (χ4v) is 2.32. The summed E-state index contributed by atoms with van der Waals surface area (Å²) < 4.78 is 5.40. The molecule has 4 nitrogen and oxygen atoms in total. The Bertz CT molecular complexity index is 386. The third kappa shape index (κ3) is 2.89. The number of methoxy groups -OCH3 is 1. The Labute approximate surface area is 107 Å². The first-order valence-electron chi connectivity index (χ1n) is 5.87. The highest BCUT2D eigenvalue weighted by molar-refractivity contribution is 6.31. The Morgan fingerprint density at radius 3 is 3.18 bits per heavy atom. The van der Waals surface area contributed by atoms with Crippen molar-refractivity contribution in [3.63, 3.8) is 0 Å². The summed E-state index contributed by atoms with van der Waals surface area (Å²) >= 11 is 6.01. The van der Waals surface area contributed by atoms with Crippen molar-refractivity contribution < 1.29 is 4.74 Å². The van der Waals surface area contributed by atoms with Crippen LogP contribution in [0.3, 0.4) is 0 Å². The van der Waals surface area contributed by atoms with E-state index in [0.29, 0.717) is 17.7 Å². The first-order chi connectivity index (χ1) is 8.24. The van der Waals surface area contributed by atoms with E-state index in [-0.39, 0.29) is 0 Å². The van der Waals surface area contributed by atoms with Crippen LogP contribution in [0.5, 0.6) is 0 Å². The molecule has 1 aliphatic heterocycles. The van der Waals surface area contributed by atoms with Gasteiger partial charge in [-0.3, -0.25) is 0 Å². The third-order valence-electron chi connectivity index (χ3n) is 3.18. The van der Waals surface area contributed by atoms with Gasteiger partial charge in [-0.15, -0.1) is 0 Å². The lowest BCUT2D eigenvalue weighted by molar-refractivity contribution is 0.0891. The number of pyridine rings is 1. The van der Waals surface area contributed by atoms with Gasteiger partial charge in [-0.1, -0.05) is 11.6 Å². The molecule has 1 aromatic heterocycles. The van der Waals surface area contributed by atoms with Crippen LogP contribution < -0.4 is 10.6 Å². The van der Waals surface area contributed by atoms with Crippen molar-refractivity contribution in [1.82, 2.24) is 4.98 Å². The number of nitrogens with two attached hydrogens (primary N) is 1. The minimum atomic E-state index is 0.294. The van der Waals surface area contributed by atoms with Gasteiger partial charge in [-0.2, -0.15) is 0 Å². The summed E-state index contributed by atoms with van der Waals surface area (Å²) in [5.74, 6) is 0.941. The second-order valence-electron chi connectivity index (χ2n) is 4.28. The summed E-state index contributed by atoms with van der Waals surface area (Å²) in [5, 5.41) is 0.636. The lowest BCUT2D eigenvalue weighted by Crippen LogP contribution is -2.39. The smallest absolute Gasteiger partial charge is 0.128 e. The van der Waals surface area contributed by atoms with Crippen molar-refractivity contribution in [2.45, 2.75) is 25.5 Å². The molecule has 2 heterocycles. The number of anilines is 1. The average molecular weight is 256 g/mol. The lowest BCUT2D eigenvalue weighted by Gasteiger charge is -2.33. The van der Waals surface area contributed by atoms with Crippen molar-refractivity contribution in [2.75, 3.05) is 25.1 Å². The minimum Gasteiger partial charge on any atom is -0.380 e. The van der Waals surface area contributed by atoms with Crippen molar-refractivity contribution in [3.05, 3.63) is 22.8 Å². The number of halogens is 1. The number of ether oxygens (including phenoxy) is 1. The van der Waals surface area contributed by atoms with Gasteiger partial charge in [-0.25, -0.2) is 4.98 Å². The van der Waals surface area contributed by atoms with Crippen LogP contribution >= 0.6 is 11.6 Å². The zero-order valence-electron chi connectivity index (χ0n) is 10.0. The van der Waals surface area contributed by atoms with E-state index in [1.165, 1.54) is 0 Å². The van der Waals surface area contributed by atoms with Gasteiger partial charge >= 0.3 is 0 Å². The van der Waals surface area contributed by atoms with E-state index in [2.05, 4.69) is 9.88 Å². The van der Waals surface area contributed by atoms with Gasteiger partial charge in [0.25, 0.3) is 0 Å². The predicted molar refractivity (Wildman–Crippen MR) is 69.4 cm³/mol. The van der Waals surface area contributed by atoms with E-state index in [4.69, 9.17) is 22.1 Å². The molecule has 17 heavy (non-hydrogen) atoms. The molecule has 1 aliphatic rings. The van der Waals surface area contributed by atoms with Crippen LogP contribution in [-0.2, 0) is 11.3 Å². The molecule has 1 unspecified atom stereocenters. The Balaban J connectivity index is 2.16. The van der Waals surface area contributed by atoms with E-state index in [0.717, 1.165) is 37.3 Å². The molecule has 2 N–H and O–H groups in total. The third-order valence-corrected chi connectivity index (χ3v) is 3.52. The molecule has 1 atom stereocenters. The Morgan fingerprint density at radius 2 is 2.47 bits per heavy atom. The van der Waals surface area contributed by atoms with Crippen molar-refractivity contribution >= 4 is 17.4 Å². The molecule has 0 aliphatic carbocycles. The van der Waals surface area contributed by atoms with Crippen molar-refractivity contribution in [2.24, 2.45) is 5.73 Å². The molecule has 2 rings (SSSR count). The first-order valence-corrected chi connectivity index (χ1v) is 6.24. The zero-order chi connectivity index (χ0) is 12.3. The highest BCUT2D eigenvalue weighted by atomic mass is 35.5. The maximum Gasteiger partial charge on any atom is 0.128 e. The van der Waals surface area contributed by atoms with Crippen LogP contribution in [0.4, 0.5) is 5.82 Å². The normalized spacial score (nSPS) is 20.6.